The normalized spacial score (nSPS) is 22.5. The van der Waals surface area contributed by atoms with Gasteiger partial charge in [0.15, 0.2) is 15.0 Å². The molecule has 2 fully saturated rings. The quantitative estimate of drug-likeness (QED) is 0.575. The Kier molecular flexibility index (Phi) is 7.92. The van der Waals surface area contributed by atoms with Gasteiger partial charge in [-0.15, -0.1) is 0 Å². The predicted molar refractivity (Wildman–Crippen MR) is 148 cm³/mol. The summed E-state index contributed by atoms with van der Waals surface area (Å²) in [6, 6.07) is 13.3. The van der Waals surface area contributed by atoms with Crippen molar-refractivity contribution < 1.29 is 22.7 Å². The van der Waals surface area contributed by atoms with Crippen molar-refractivity contribution in [1.82, 2.24) is 5.32 Å². The summed E-state index contributed by atoms with van der Waals surface area (Å²) in [6.45, 7) is 7.13. The molecule has 0 bridgehead atoms. The van der Waals surface area contributed by atoms with Crippen LogP contribution in [0.1, 0.15) is 31.9 Å². The molecule has 37 heavy (non-hydrogen) atoms. The summed E-state index contributed by atoms with van der Waals surface area (Å²) >= 11 is 7.55. The molecule has 198 valence electrons. The van der Waals surface area contributed by atoms with E-state index in [4.69, 9.17) is 16.3 Å². The molecule has 11 heteroatoms. The zero-order valence-electron chi connectivity index (χ0n) is 21.1. The van der Waals surface area contributed by atoms with Gasteiger partial charge in [-0.2, -0.15) is 4.99 Å². The Hall–Kier alpha value is -2.56. The molecule has 1 N–H and O–H groups in total. The lowest BCUT2D eigenvalue weighted by molar-refractivity contribution is -0.119. The fourth-order valence-electron chi connectivity index (χ4n) is 4.36. The third-order valence-corrected chi connectivity index (χ3v) is 9.42. The Balaban J connectivity index is 1.68. The number of amidine groups is 1. The molecule has 2 saturated heterocycles. The van der Waals surface area contributed by atoms with E-state index in [0.717, 1.165) is 11.1 Å². The molecule has 0 saturated carbocycles. The van der Waals surface area contributed by atoms with Gasteiger partial charge < -0.3 is 15.0 Å². The lowest BCUT2D eigenvalue weighted by Crippen LogP contribution is -2.45. The van der Waals surface area contributed by atoms with Crippen LogP contribution in [-0.2, 0) is 25.8 Å². The van der Waals surface area contributed by atoms with E-state index in [-0.39, 0.29) is 29.2 Å². The molecule has 0 radical (unpaired) electrons. The topological polar surface area (TPSA) is 105 Å². The minimum Gasteiger partial charge on any atom is -0.444 e. The van der Waals surface area contributed by atoms with Crippen molar-refractivity contribution in [2.75, 3.05) is 16.4 Å². The number of nitrogens with zero attached hydrogens (tertiary/aromatic N) is 2. The molecule has 4 rings (SSSR count). The van der Waals surface area contributed by atoms with E-state index < -0.39 is 33.5 Å². The number of carbonyl (C=O) groups is 2. The van der Waals surface area contributed by atoms with Gasteiger partial charge in [-0.3, -0.25) is 4.79 Å². The molecule has 2 aliphatic rings. The van der Waals surface area contributed by atoms with Crippen LogP contribution in [0.3, 0.4) is 0 Å². The summed E-state index contributed by atoms with van der Waals surface area (Å²) in [7, 11) is -3.22. The highest BCUT2D eigenvalue weighted by molar-refractivity contribution is 8.16. The molecule has 2 aromatic carbocycles. The van der Waals surface area contributed by atoms with E-state index in [1.807, 2.05) is 48.2 Å². The number of hydrogen-bond acceptors (Lipinski definition) is 6. The largest absolute Gasteiger partial charge is 0.444 e. The van der Waals surface area contributed by atoms with E-state index in [1.54, 1.807) is 32.9 Å². The number of ether oxygens (including phenoxy) is 1. The molecule has 0 aliphatic carbocycles. The van der Waals surface area contributed by atoms with Crippen molar-refractivity contribution in [3.05, 3.63) is 64.7 Å². The highest BCUT2D eigenvalue weighted by Crippen LogP contribution is 2.42. The van der Waals surface area contributed by atoms with E-state index >= 15 is 0 Å². The van der Waals surface area contributed by atoms with Gasteiger partial charge in [0.2, 0.25) is 0 Å². The van der Waals surface area contributed by atoms with Gasteiger partial charge in [0.05, 0.1) is 17.5 Å². The van der Waals surface area contributed by atoms with Gasteiger partial charge in [0.25, 0.3) is 5.91 Å². The number of sulfone groups is 1. The van der Waals surface area contributed by atoms with E-state index in [1.165, 1.54) is 11.8 Å². The van der Waals surface area contributed by atoms with Gasteiger partial charge in [-0.1, -0.05) is 59.8 Å². The van der Waals surface area contributed by atoms with Gasteiger partial charge in [-0.05, 0) is 51.0 Å². The molecule has 3 atom stereocenters. The van der Waals surface area contributed by atoms with Crippen molar-refractivity contribution >= 4 is 56.1 Å². The van der Waals surface area contributed by atoms with Crippen LogP contribution in [-0.4, -0.2) is 60.0 Å². The van der Waals surface area contributed by atoms with Gasteiger partial charge in [-0.25, -0.2) is 13.2 Å². The number of halogens is 1. The van der Waals surface area contributed by atoms with Crippen LogP contribution in [0.5, 0.6) is 0 Å². The minimum absolute atomic E-state index is 0.00919. The second-order valence-corrected chi connectivity index (χ2v) is 14.0. The minimum atomic E-state index is -3.22. The Labute approximate surface area is 226 Å². The first-order chi connectivity index (χ1) is 17.3. The van der Waals surface area contributed by atoms with Gasteiger partial charge in [0.1, 0.15) is 11.6 Å². The van der Waals surface area contributed by atoms with Crippen LogP contribution in [0.15, 0.2) is 53.5 Å². The standard InChI is InChI=1S/C26H30ClN3O5S2/c1-16-10-11-18(27)13-20(16)30-21-14-37(33,34)15-22(21)36-24(30)29-23(31)19(12-17-8-6-5-7-9-17)28-25(32)35-26(2,3)4/h5-11,13,19,21-22H,12,14-15H2,1-4H3,(H,28,32)/t19-,21-,22-/m1/s1. The number of nitrogens with one attached hydrogen (secondary N) is 1. The number of thioether (sulfide) groups is 1. The van der Waals surface area contributed by atoms with E-state index in [2.05, 4.69) is 10.3 Å². The maximum atomic E-state index is 13.5. The Morgan fingerprint density at radius 1 is 1.19 bits per heavy atom. The highest BCUT2D eigenvalue weighted by Gasteiger charge is 2.50. The summed E-state index contributed by atoms with van der Waals surface area (Å²) in [5.41, 5.74) is 1.70. The van der Waals surface area contributed by atoms with Gasteiger partial charge >= 0.3 is 6.09 Å². The SMILES string of the molecule is Cc1ccc(Cl)cc1N1C(=NC(=O)[C@@H](Cc2ccccc2)NC(=O)OC(C)(C)C)S[C@@H]2CS(=O)(=O)C[C@H]21. The number of fused-ring (bicyclic) bond motifs is 1. The lowest BCUT2D eigenvalue weighted by Gasteiger charge is -2.27. The number of alkyl carbamates (subject to hydrolysis) is 1. The molecule has 2 aliphatic heterocycles. The van der Waals surface area contributed by atoms with Crippen LogP contribution in [0.25, 0.3) is 0 Å². The highest BCUT2D eigenvalue weighted by atomic mass is 35.5. The van der Waals surface area contributed by atoms with E-state index in [0.29, 0.717) is 15.9 Å². The monoisotopic (exact) mass is 563 g/mol. The molecule has 0 unspecified atom stereocenters. The van der Waals surface area contributed by atoms with Crippen molar-refractivity contribution in [3.8, 4) is 0 Å². The third-order valence-electron chi connectivity index (χ3n) is 5.97. The number of anilines is 1. The summed E-state index contributed by atoms with van der Waals surface area (Å²) in [6.07, 6.45) is -0.496. The second kappa shape index (κ2) is 10.7. The first kappa shape index (κ1) is 27.5. The lowest BCUT2D eigenvalue weighted by atomic mass is 10.1. The maximum Gasteiger partial charge on any atom is 0.408 e. The van der Waals surface area contributed by atoms with Crippen molar-refractivity contribution in [2.24, 2.45) is 4.99 Å². The molecular weight excluding hydrogens is 534 g/mol. The third kappa shape index (κ3) is 6.86. The first-order valence-electron chi connectivity index (χ1n) is 11.9. The molecular formula is C26H30ClN3O5S2. The Morgan fingerprint density at radius 3 is 2.57 bits per heavy atom. The second-order valence-electron chi connectivity index (χ2n) is 10.2. The Morgan fingerprint density at radius 2 is 1.89 bits per heavy atom. The molecule has 2 amide bonds. The number of amides is 2. The Bertz CT molecular complexity index is 1330. The average molecular weight is 564 g/mol. The molecule has 0 spiro atoms. The van der Waals surface area contributed by atoms with Crippen LogP contribution < -0.4 is 10.2 Å². The maximum absolute atomic E-state index is 13.5. The van der Waals surface area contributed by atoms with Crippen LogP contribution in [0.4, 0.5) is 10.5 Å². The number of aliphatic imine (C=N–C) groups is 1. The summed E-state index contributed by atoms with van der Waals surface area (Å²) < 4.78 is 30.2. The van der Waals surface area contributed by atoms with Crippen LogP contribution in [0, 0.1) is 6.92 Å². The fraction of sp³-hybridized carbons (Fsp3) is 0.423. The van der Waals surface area contributed by atoms with Crippen molar-refractivity contribution in [2.45, 2.75) is 57.1 Å². The van der Waals surface area contributed by atoms with E-state index in [9.17, 15) is 18.0 Å². The summed E-state index contributed by atoms with van der Waals surface area (Å²) in [4.78, 5) is 32.4. The number of aryl methyl sites for hydroxylation is 1. The summed E-state index contributed by atoms with van der Waals surface area (Å²) in [5, 5.41) is 3.30. The predicted octanol–water partition coefficient (Wildman–Crippen LogP) is 4.39. The average Bonchev–Trinajstić information content (AvgIpc) is 3.25. The van der Waals surface area contributed by atoms with Crippen LogP contribution in [0.2, 0.25) is 5.02 Å². The smallest absolute Gasteiger partial charge is 0.408 e. The van der Waals surface area contributed by atoms with Crippen LogP contribution >= 0.6 is 23.4 Å². The summed E-state index contributed by atoms with van der Waals surface area (Å²) in [5.74, 6) is -0.576. The first-order valence-corrected chi connectivity index (χ1v) is 15.0. The number of rotatable bonds is 5. The molecule has 2 aromatic rings. The zero-order valence-corrected chi connectivity index (χ0v) is 23.5. The zero-order chi connectivity index (χ0) is 27.0. The number of benzene rings is 2. The fourth-order valence-corrected chi connectivity index (χ4v) is 8.44. The molecule has 8 nitrogen and oxygen atoms in total. The van der Waals surface area contributed by atoms with Crippen molar-refractivity contribution in [1.29, 1.82) is 0 Å². The van der Waals surface area contributed by atoms with Crippen molar-refractivity contribution in [3.63, 3.8) is 0 Å². The molecule has 2 heterocycles. The molecule has 0 aromatic heterocycles. The number of carbonyl (C=O) groups excluding carboxylic acids is 2. The van der Waals surface area contributed by atoms with Gasteiger partial charge in [0, 0.05) is 22.4 Å². The number of hydrogen-bond donors (Lipinski definition) is 1.